The molecule has 0 heterocycles. The van der Waals surface area contributed by atoms with Gasteiger partial charge in [0.05, 0.1) is 12.6 Å². The average Bonchev–Trinajstić information content (AvgIpc) is 2.70. The molecule has 0 rings (SSSR count). The van der Waals surface area contributed by atoms with Gasteiger partial charge in [0.15, 0.2) is 0 Å². The summed E-state index contributed by atoms with van der Waals surface area (Å²) in [6, 6.07) is -3.06. The van der Waals surface area contributed by atoms with Crippen LogP contribution in [-0.2, 0) is 24.0 Å². The van der Waals surface area contributed by atoms with Crippen LogP contribution in [0.2, 0.25) is 0 Å². The van der Waals surface area contributed by atoms with Crippen molar-refractivity contribution in [3.63, 3.8) is 0 Å². The van der Waals surface area contributed by atoms with Crippen LogP contribution in [0.1, 0.15) is 39.5 Å². The van der Waals surface area contributed by atoms with Gasteiger partial charge in [0.1, 0.15) is 12.1 Å². The zero-order valence-electron chi connectivity index (χ0n) is 17.6. The molecule has 0 aromatic rings. The van der Waals surface area contributed by atoms with E-state index in [2.05, 4.69) is 16.0 Å². The third-order valence-corrected chi connectivity index (χ3v) is 5.18. The lowest BCUT2D eigenvalue weighted by atomic mass is 9.99. The fourth-order valence-electron chi connectivity index (χ4n) is 2.36. The Hall–Kier alpha value is -2.34. The summed E-state index contributed by atoms with van der Waals surface area (Å²) in [5, 5.41) is 16.5. The molecule has 30 heavy (non-hydrogen) atoms. The summed E-state index contributed by atoms with van der Waals surface area (Å²) in [4.78, 5) is 58.9. The molecule has 172 valence electrons. The highest BCUT2D eigenvalue weighted by Gasteiger charge is 2.27. The van der Waals surface area contributed by atoms with Gasteiger partial charge >= 0.3 is 5.97 Å². The minimum Gasteiger partial charge on any atom is -0.480 e. The Balaban J connectivity index is 4.90. The quantitative estimate of drug-likeness (QED) is 0.175. The molecule has 0 fully saturated rings. The minimum absolute atomic E-state index is 0.0541. The maximum atomic E-state index is 12.5. The van der Waals surface area contributed by atoms with Gasteiger partial charge in [-0.2, -0.15) is 11.8 Å². The highest BCUT2D eigenvalue weighted by molar-refractivity contribution is 7.98. The van der Waals surface area contributed by atoms with E-state index in [-0.39, 0.29) is 31.7 Å². The topological polar surface area (TPSA) is 194 Å². The zero-order chi connectivity index (χ0) is 23.3. The van der Waals surface area contributed by atoms with E-state index in [1.165, 1.54) is 11.8 Å². The summed E-state index contributed by atoms with van der Waals surface area (Å²) >= 11 is 1.45. The SMILES string of the molecule is CCC(C)C(N)C(=O)NCC(=O)NC(CCSC)C(=O)NC(CCC(N)=O)C(=O)O. The highest BCUT2D eigenvalue weighted by atomic mass is 32.2. The molecular weight excluding hydrogens is 414 g/mol. The highest BCUT2D eigenvalue weighted by Crippen LogP contribution is 2.05. The molecule has 0 saturated heterocycles. The summed E-state index contributed by atoms with van der Waals surface area (Å²) in [5.41, 5.74) is 10.8. The molecule has 0 aliphatic heterocycles. The Morgan fingerprint density at radius 2 is 1.67 bits per heavy atom. The number of primary amides is 1. The summed E-state index contributed by atoms with van der Waals surface area (Å²) in [7, 11) is 0. The Bertz CT molecular complexity index is 618. The monoisotopic (exact) mass is 447 g/mol. The third-order valence-electron chi connectivity index (χ3n) is 4.54. The molecule has 0 aromatic carbocycles. The first-order chi connectivity index (χ1) is 14.0. The van der Waals surface area contributed by atoms with E-state index in [4.69, 9.17) is 11.5 Å². The van der Waals surface area contributed by atoms with E-state index >= 15 is 0 Å². The van der Waals surface area contributed by atoms with E-state index in [0.717, 1.165) is 0 Å². The number of rotatable bonds is 15. The molecular formula is C18H33N5O6S. The number of amides is 4. The number of nitrogens with one attached hydrogen (secondary N) is 3. The van der Waals surface area contributed by atoms with Crippen LogP contribution in [0.25, 0.3) is 0 Å². The van der Waals surface area contributed by atoms with Crippen molar-refractivity contribution < 1.29 is 29.1 Å². The second-order valence-corrected chi connectivity index (χ2v) is 7.92. The number of aliphatic carboxylic acids is 1. The number of carboxylic acids is 1. The standard InChI is InChI=1S/C18H33N5O6S/c1-4-10(2)15(20)17(27)21-9-14(25)22-11(7-8-30-3)16(26)23-12(18(28)29)5-6-13(19)24/h10-12,15H,4-9,20H2,1-3H3,(H2,19,24)(H,21,27)(H,22,25)(H,23,26)(H,28,29). The van der Waals surface area contributed by atoms with Crippen LogP contribution in [-0.4, -0.2) is 71.4 Å². The van der Waals surface area contributed by atoms with Gasteiger partial charge < -0.3 is 32.5 Å². The lowest BCUT2D eigenvalue weighted by molar-refractivity contribution is -0.142. The van der Waals surface area contributed by atoms with E-state index < -0.39 is 47.7 Å². The lowest BCUT2D eigenvalue weighted by Crippen LogP contribution is -2.54. The van der Waals surface area contributed by atoms with Crippen molar-refractivity contribution in [2.75, 3.05) is 18.6 Å². The smallest absolute Gasteiger partial charge is 0.326 e. The molecule has 0 bridgehead atoms. The number of carbonyl (C=O) groups is 5. The number of hydrogen-bond acceptors (Lipinski definition) is 7. The summed E-state index contributed by atoms with van der Waals surface area (Å²) < 4.78 is 0. The fourth-order valence-corrected chi connectivity index (χ4v) is 2.84. The van der Waals surface area contributed by atoms with E-state index in [1.807, 2.05) is 20.1 Å². The van der Waals surface area contributed by atoms with Gasteiger partial charge in [0.25, 0.3) is 0 Å². The summed E-state index contributed by atoms with van der Waals surface area (Å²) in [6.45, 7) is 3.35. The van der Waals surface area contributed by atoms with Gasteiger partial charge in [-0.05, 0) is 30.8 Å². The molecule has 0 spiro atoms. The predicted octanol–water partition coefficient (Wildman–Crippen LogP) is -1.45. The summed E-state index contributed by atoms with van der Waals surface area (Å²) in [5.74, 6) is -3.30. The van der Waals surface area contributed by atoms with Crippen molar-refractivity contribution >= 4 is 41.4 Å². The van der Waals surface area contributed by atoms with Gasteiger partial charge in [0, 0.05) is 6.42 Å². The molecule has 0 aliphatic rings. The maximum Gasteiger partial charge on any atom is 0.326 e. The van der Waals surface area contributed by atoms with Crippen LogP contribution in [0, 0.1) is 5.92 Å². The summed E-state index contributed by atoms with van der Waals surface area (Å²) in [6.07, 6.45) is 2.41. The van der Waals surface area contributed by atoms with Crippen LogP contribution in [0.5, 0.6) is 0 Å². The van der Waals surface area contributed by atoms with E-state index in [1.54, 1.807) is 0 Å². The van der Waals surface area contributed by atoms with Crippen molar-refractivity contribution in [1.29, 1.82) is 0 Å². The normalized spacial score (nSPS) is 14.7. The van der Waals surface area contributed by atoms with Crippen molar-refractivity contribution in [2.24, 2.45) is 17.4 Å². The molecule has 4 amide bonds. The molecule has 11 nitrogen and oxygen atoms in total. The second-order valence-electron chi connectivity index (χ2n) is 6.94. The number of carboxylic acid groups (broad SMARTS) is 1. The molecule has 0 aromatic heterocycles. The number of hydrogen-bond donors (Lipinski definition) is 6. The maximum absolute atomic E-state index is 12.5. The molecule has 0 radical (unpaired) electrons. The average molecular weight is 448 g/mol. The lowest BCUT2D eigenvalue weighted by Gasteiger charge is -2.22. The van der Waals surface area contributed by atoms with Crippen LogP contribution in [0.15, 0.2) is 0 Å². The van der Waals surface area contributed by atoms with Crippen molar-refractivity contribution in [3.8, 4) is 0 Å². The molecule has 0 aliphatic carbocycles. The predicted molar refractivity (Wildman–Crippen MR) is 113 cm³/mol. The molecule has 4 unspecified atom stereocenters. The van der Waals surface area contributed by atoms with Crippen molar-refractivity contribution in [2.45, 2.75) is 57.7 Å². The van der Waals surface area contributed by atoms with Gasteiger partial charge in [0.2, 0.25) is 23.6 Å². The fraction of sp³-hybridized carbons (Fsp3) is 0.722. The Labute approximate surface area is 180 Å². The Kier molecular flexibility index (Phi) is 13.5. The molecule has 8 N–H and O–H groups in total. The van der Waals surface area contributed by atoms with Crippen molar-refractivity contribution in [1.82, 2.24) is 16.0 Å². The van der Waals surface area contributed by atoms with Crippen molar-refractivity contribution in [3.05, 3.63) is 0 Å². The number of carbonyl (C=O) groups excluding carboxylic acids is 4. The first-order valence-corrected chi connectivity index (χ1v) is 11.1. The first-order valence-electron chi connectivity index (χ1n) is 9.66. The van der Waals surface area contributed by atoms with Crippen LogP contribution in [0.4, 0.5) is 0 Å². The van der Waals surface area contributed by atoms with Gasteiger partial charge in [-0.15, -0.1) is 0 Å². The Morgan fingerprint density at radius 3 is 2.17 bits per heavy atom. The molecule has 0 saturated carbocycles. The first kappa shape index (κ1) is 27.7. The number of thioether (sulfide) groups is 1. The van der Waals surface area contributed by atoms with E-state index in [0.29, 0.717) is 12.2 Å². The largest absolute Gasteiger partial charge is 0.480 e. The molecule has 12 heteroatoms. The van der Waals surface area contributed by atoms with Gasteiger partial charge in [-0.1, -0.05) is 20.3 Å². The molecule has 4 atom stereocenters. The Morgan fingerprint density at radius 1 is 1.03 bits per heavy atom. The van der Waals surface area contributed by atoms with Gasteiger partial charge in [-0.3, -0.25) is 19.2 Å². The minimum atomic E-state index is -1.31. The second kappa shape index (κ2) is 14.6. The van der Waals surface area contributed by atoms with E-state index in [9.17, 15) is 29.1 Å². The van der Waals surface area contributed by atoms with Gasteiger partial charge in [-0.25, -0.2) is 4.79 Å². The zero-order valence-corrected chi connectivity index (χ0v) is 18.4. The number of nitrogens with two attached hydrogens (primary N) is 2. The third kappa shape index (κ3) is 11.0. The van der Waals surface area contributed by atoms with Crippen LogP contribution >= 0.6 is 11.8 Å². The van der Waals surface area contributed by atoms with Crippen LogP contribution < -0.4 is 27.4 Å². The van der Waals surface area contributed by atoms with Crippen LogP contribution in [0.3, 0.4) is 0 Å².